The van der Waals surface area contributed by atoms with Gasteiger partial charge >= 0.3 is 6.18 Å². The van der Waals surface area contributed by atoms with Gasteiger partial charge in [-0.1, -0.05) is 10.3 Å². The normalized spacial score (nSPS) is 17.4. The first-order valence-corrected chi connectivity index (χ1v) is 9.02. The lowest BCUT2D eigenvalue weighted by atomic mass is 10.2. The molecule has 26 heavy (non-hydrogen) atoms. The highest BCUT2D eigenvalue weighted by Crippen LogP contribution is 2.33. The van der Waals surface area contributed by atoms with Gasteiger partial charge in [-0.3, -0.25) is 4.79 Å². The molecule has 11 heteroatoms. The van der Waals surface area contributed by atoms with E-state index in [2.05, 4.69) is 10.3 Å². The molecule has 0 bridgehead atoms. The van der Waals surface area contributed by atoms with Crippen molar-refractivity contribution in [3.63, 3.8) is 0 Å². The van der Waals surface area contributed by atoms with Crippen molar-refractivity contribution >= 4 is 16.3 Å². The van der Waals surface area contributed by atoms with E-state index in [0.29, 0.717) is 11.9 Å². The fraction of sp³-hybridized carbons (Fsp3) is 0.333. The van der Waals surface area contributed by atoms with Crippen molar-refractivity contribution < 1.29 is 26.7 Å². The van der Waals surface area contributed by atoms with E-state index in [9.17, 15) is 26.7 Å². The van der Waals surface area contributed by atoms with Gasteiger partial charge in [0.1, 0.15) is 18.1 Å². The summed E-state index contributed by atoms with van der Waals surface area (Å²) in [5.74, 6) is -0.0513. The zero-order valence-corrected chi connectivity index (χ0v) is 14.4. The lowest BCUT2D eigenvalue weighted by Gasteiger charge is -2.30. The third kappa shape index (κ3) is 3.37. The largest absolute Gasteiger partial charge is 0.593 e. The third-order valence-electron chi connectivity index (χ3n) is 4.03. The Hall–Kier alpha value is -2.24. The van der Waals surface area contributed by atoms with E-state index in [1.165, 1.54) is 13.2 Å². The SMILES string of the molecule is CNC(=O)c1cn2c(n1)CN([S+](=O)([O-])c1cccc(C(F)(F)F)c1)CC2. The molecule has 1 aromatic carbocycles. The number of carbonyl (C=O) groups is 1. The molecule has 1 N–H and O–H groups in total. The Labute approximate surface area is 148 Å². The average molecular weight is 388 g/mol. The van der Waals surface area contributed by atoms with Crippen LogP contribution in [0.3, 0.4) is 0 Å². The molecular weight excluding hydrogens is 373 g/mol. The summed E-state index contributed by atoms with van der Waals surface area (Å²) >= 11 is 0. The van der Waals surface area contributed by atoms with E-state index in [4.69, 9.17) is 0 Å². The van der Waals surface area contributed by atoms with Crippen LogP contribution in [0.2, 0.25) is 0 Å². The van der Waals surface area contributed by atoms with Crippen molar-refractivity contribution in [2.24, 2.45) is 0 Å². The van der Waals surface area contributed by atoms with Crippen LogP contribution >= 0.6 is 0 Å². The number of amides is 1. The molecule has 0 aliphatic carbocycles. The van der Waals surface area contributed by atoms with Gasteiger partial charge in [0.15, 0.2) is 15.3 Å². The minimum absolute atomic E-state index is 0.0646. The first-order valence-electron chi connectivity index (χ1n) is 7.58. The van der Waals surface area contributed by atoms with Gasteiger partial charge in [0.2, 0.25) is 0 Å². The molecule has 3 rings (SSSR count). The fourth-order valence-electron chi connectivity index (χ4n) is 2.65. The number of rotatable bonds is 3. The Morgan fingerprint density at radius 1 is 1.35 bits per heavy atom. The van der Waals surface area contributed by atoms with Crippen LogP contribution in [0.25, 0.3) is 0 Å². The maximum atomic E-state index is 12.8. The Morgan fingerprint density at radius 2 is 2.08 bits per heavy atom. The molecular formula is C15H15F3N4O3S. The van der Waals surface area contributed by atoms with Gasteiger partial charge in [-0.15, -0.1) is 4.31 Å². The molecule has 0 saturated heterocycles. The predicted molar refractivity (Wildman–Crippen MR) is 84.6 cm³/mol. The Morgan fingerprint density at radius 3 is 2.73 bits per heavy atom. The number of carbonyl (C=O) groups excluding carboxylic acids is 1. The lowest BCUT2D eigenvalue weighted by molar-refractivity contribution is -0.137. The number of hydrogen-bond donors (Lipinski definition) is 1. The highest BCUT2D eigenvalue weighted by atomic mass is 32.3. The Kier molecular flexibility index (Phi) is 4.63. The van der Waals surface area contributed by atoms with Crippen molar-refractivity contribution in [3.8, 4) is 0 Å². The summed E-state index contributed by atoms with van der Waals surface area (Å²) in [6.45, 7) is 0.183. The molecule has 1 amide bonds. The maximum absolute atomic E-state index is 12.8. The summed E-state index contributed by atoms with van der Waals surface area (Å²) in [6.07, 6.45) is -3.12. The number of aromatic nitrogens is 2. The van der Waals surface area contributed by atoms with Crippen molar-refractivity contribution in [3.05, 3.63) is 47.5 Å². The molecule has 1 aromatic heterocycles. The summed E-state index contributed by atoms with van der Waals surface area (Å²) in [7, 11) is -2.68. The lowest BCUT2D eigenvalue weighted by Crippen LogP contribution is -2.42. The van der Waals surface area contributed by atoms with Gasteiger partial charge in [-0.2, -0.15) is 13.2 Å². The number of nitrogens with one attached hydrogen (secondary N) is 1. The standard InChI is InChI=1S/C15H15F3N4O3S/c1-19-14(23)12-8-21-5-6-22(9-13(21)20-12)26(24,25)11-4-2-3-10(7-11)15(16,17)18/h2-4,7-8H,5-6,9H2,1H3,(H-,19,23,24,25). The van der Waals surface area contributed by atoms with Gasteiger partial charge in [0.05, 0.1) is 12.1 Å². The van der Waals surface area contributed by atoms with Crippen LogP contribution in [0.15, 0.2) is 35.4 Å². The van der Waals surface area contributed by atoms with Gasteiger partial charge in [0.25, 0.3) is 5.91 Å². The number of sulfonamides is 1. The van der Waals surface area contributed by atoms with Crippen LogP contribution < -0.4 is 5.32 Å². The average Bonchev–Trinajstić information content (AvgIpc) is 3.03. The zero-order valence-electron chi connectivity index (χ0n) is 13.6. The molecule has 0 radical (unpaired) electrons. The molecule has 0 fully saturated rings. The molecule has 140 valence electrons. The monoisotopic (exact) mass is 388 g/mol. The van der Waals surface area contributed by atoms with Crippen molar-refractivity contribution in [2.75, 3.05) is 13.6 Å². The summed E-state index contributed by atoms with van der Waals surface area (Å²) in [6, 6.07) is 3.62. The fourth-order valence-corrected chi connectivity index (χ4v) is 4.09. The van der Waals surface area contributed by atoms with Crippen LogP contribution in [0.4, 0.5) is 13.2 Å². The van der Waals surface area contributed by atoms with Crippen molar-refractivity contribution in [1.82, 2.24) is 19.2 Å². The minimum atomic E-state index is -4.63. The van der Waals surface area contributed by atoms with E-state index in [1.807, 2.05) is 0 Å². The summed E-state index contributed by atoms with van der Waals surface area (Å²) in [5.41, 5.74) is -0.875. The van der Waals surface area contributed by atoms with E-state index >= 15 is 0 Å². The van der Waals surface area contributed by atoms with Crippen molar-refractivity contribution in [1.29, 1.82) is 0 Å². The smallest absolute Gasteiger partial charge is 0.416 e. The highest BCUT2D eigenvalue weighted by Gasteiger charge is 2.37. The summed E-state index contributed by atoms with van der Waals surface area (Å²) in [4.78, 5) is 15.3. The maximum Gasteiger partial charge on any atom is 0.416 e. The minimum Gasteiger partial charge on any atom is -0.593 e. The van der Waals surface area contributed by atoms with Gasteiger partial charge in [0, 0.05) is 25.9 Å². The quantitative estimate of drug-likeness (QED) is 0.810. The number of hydrogen-bond acceptors (Lipinski definition) is 4. The molecule has 2 aromatic rings. The van der Waals surface area contributed by atoms with E-state index < -0.39 is 32.9 Å². The zero-order chi connectivity index (χ0) is 19.1. The van der Waals surface area contributed by atoms with Crippen LogP contribution in [0.1, 0.15) is 21.9 Å². The summed E-state index contributed by atoms with van der Waals surface area (Å²) < 4.78 is 66.7. The number of fused-ring (bicyclic) bond motifs is 1. The molecule has 1 atom stereocenters. The van der Waals surface area contributed by atoms with Crippen LogP contribution in [-0.4, -0.2) is 37.9 Å². The number of imidazole rings is 1. The Bertz CT molecular complexity index is 897. The van der Waals surface area contributed by atoms with Crippen LogP contribution in [-0.2, 0) is 33.9 Å². The predicted octanol–water partition coefficient (Wildman–Crippen LogP) is 1.68. The van der Waals surface area contributed by atoms with E-state index in [-0.39, 0.29) is 25.3 Å². The van der Waals surface area contributed by atoms with E-state index in [0.717, 1.165) is 22.5 Å². The number of nitrogens with zero attached hydrogens (tertiary/aromatic N) is 3. The van der Waals surface area contributed by atoms with Gasteiger partial charge < -0.3 is 14.4 Å². The molecule has 1 aliphatic rings. The number of alkyl halides is 3. The first kappa shape index (κ1) is 18.5. The topological polar surface area (TPSA) is 90.3 Å². The molecule has 1 unspecified atom stereocenters. The molecule has 7 nitrogen and oxygen atoms in total. The van der Waals surface area contributed by atoms with Crippen molar-refractivity contribution in [2.45, 2.75) is 24.2 Å². The molecule has 0 saturated carbocycles. The highest BCUT2D eigenvalue weighted by molar-refractivity contribution is 7.95. The number of benzene rings is 1. The van der Waals surface area contributed by atoms with E-state index in [1.54, 1.807) is 4.57 Å². The summed E-state index contributed by atoms with van der Waals surface area (Å²) in [5, 5.41) is 2.42. The second-order valence-corrected chi connectivity index (χ2v) is 7.62. The molecule has 0 spiro atoms. The molecule has 2 heterocycles. The third-order valence-corrected chi connectivity index (χ3v) is 5.87. The second kappa shape index (κ2) is 6.49. The Balaban J connectivity index is 1.89. The molecule has 1 aliphatic heterocycles. The van der Waals surface area contributed by atoms with Crippen LogP contribution in [0, 0.1) is 0 Å². The van der Waals surface area contributed by atoms with Gasteiger partial charge in [-0.25, -0.2) is 4.98 Å². The number of halogens is 3. The first-order chi connectivity index (χ1) is 12.1. The van der Waals surface area contributed by atoms with Gasteiger partial charge in [-0.05, 0) is 12.1 Å². The van der Waals surface area contributed by atoms with Crippen LogP contribution in [0.5, 0.6) is 0 Å². The second-order valence-electron chi connectivity index (χ2n) is 5.68.